The predicted molar refractivity (Wildman–Crippen MR) is 111 cm³/mol. The van der Waals surface area contributed by atoms with Crippen molar-refractivity contribution in [1.82, 2.24) is 0 Å². The van der Waals surface area contributed by atoms with Crippen LogP contribution < -0.4 is 11.5 Å². The van der Waals surface area contributed by atoms with Crippen LogP contribution in [0.5, 0.6) is 0 Å². The highest BCUT2D eigenvalue weighted by Gasteiger charge is 2.12. The lowest BCUT2D eigenvalue weighted by molar-refractivity contribution is 0.0599. The number of carbonyl (C=O) groups is 2. The van der Waals surface area contributed by atoms with Gasteiger partial charge in [-0.15, -0.1) is 24.8 Å². The first-order valence-corrected chi connectivity index (χ1v) is 8.00. The Labute approximate surface area is 180 Å². The van der Waals surface area contributed by atoms with Crippen molar-refractivity contribution < 1.29 is 28.2 Å². The number of aromatic carboxylic acids is 1. The molecule has 10 heteroatoms. The molecule has 0 radical (unpaired) electrons. The Morgan fingerprint density at radius 3 is 1.59 bits per heavy atom. The highest BCUT2D eigenvalue weighted by molar-refractivity contribution is 5.89. The van der Waals surface area contributed by atoms with Crippen LogP contribution in [-0.2, 0) is 4.74 Å². The first-order chi connectivity index (χ1) is 12.6. The molecule has 2 aromatic rings. The van der Waals surface area contributed by atoms with Gasteiger partial charge in [-0.05, 0) is 38.1 Å². The zero-order chi connectivity index (χ0) is 20.7. The van der Waals surface area contributed by atoms with Crippen LogP contribution in [0.3, 0.4) is 0 Å². The summed E-state index contributed by atoms with van der Waals surface area (Å²) in [4.78, 5) is 21.5. The van der Waals surface area contributed by atoms with Crippen LogP contribution in [0.25, 0.3) is 0 Å². The van der Waals surface area contributed by atoms with Crippen LogP contribution in [0.15, 0.2) is 36.4 Å². The van der Waals surface area contributed by atoms with Gasteiger partial charge in [-0.25, -0.2) is 18.4 Å². The molecule has 0 bridgehead atoms. The molecule has 0 aromatic heterocycles. The fraction of sp³-hybridized carbons (Fsp3) is 0.263. The summed E-state index contributed by atoms with van der Waals surface area (Å²) in [6, 6.07) is 7.00. The van der Waals surface area contributed by atoms with Gasteiger partial charge in [0.1, 0.15) is 11.6 Å². The Kier molecular flexibility index (Phi) is 13.0. The highest BCUT2D eigenvalue weighted by atomic mass is 35.5. The second kappa shape index (κ2) is 13.1. The van der Waals surface area contributed by atoms with Crippen LogP contribution in [0.2, 0.25) is 0 Å². The monoisotopic (exact) mass is 452 g/mol. The van der Waals surface area contributed by atoms with E-state index in [0.29, 0.717) is 11.1 Å². The van der Waals surface area contributed by atoms with Crippen molar-refractivity contribution in [3.63, 3.8) is 0 Å². The fourth-order valence-corrected chi connectivity index (χ4v) is 2.17. The summed E-state index contributed by atoms with van der Waals surface area (Å²) in [6.07, 6.45) is 0. The van der Waals surface area contributed by atoms with Crippen LogP contribution in [0, 0.1) is 11.6 Å². The molecule has 0 aliphatic heterocycles. The number of carboxylic acid groups (broad SMARTS) is 1. The number of ether oxygens (including phenoxy) is 1. The summed E-state index contributed by atoms with van der Waals surface area (Å²) in [5, 5.41) is 8.54. The van der Waals surface area contributed by atoms with E-state index >= 15 is 0 Å². The number of carboxylic acids is 1. The molecule has 0 saturated heterocycles. The number of benzene rings is 2. The first kappa shape index (κ1) is 28.9. The van der Waals surface area contributed by atoms with Gasteiger partial charge in [-0.3, -0.25) is 0 Å². The van der Waals surface area contributed by atoms with E-state index in [1.807, 2.05) is 0 Å². The molecule has 6 nitrogen and oxygen atoms in total. The van der Waals surface area contributed by atoms with Gasteiger partial charge in [0.25, 0.3) is 0 Å². The summed E-state index contributed by atoms with van der Waals surface area (Å²) >= 11 is 0. The van der Waals surface area contributed by atoms with Crippen molar-refractivity contribution in [2.45, 2.75) is 25.9 Å². The van der Waals surface area contributed by atoms with Gasteiger partial charge in [-0.1, -0.05) is 12.1 Å². The number of esters is 1. The molecular weight excluding hydrogens is 429 g/mol. The average molecular weight is 453 g/mol. The van der Waals surface area contributed by atoms with Crippen LogP contribution in [0.1, 0.15) is 57.8 Å². The van der Waals surface area contributed by atoms with E-state index in [9.17, 15) is 18.4 Å². The average Bonchev–Trinajstić information content (AvgIpc) is 2.60. The first-order valence-electron chi connectivity index (χ1n) is 8.00. The molecule has 2 atom stereocenters. The molecule has 0 fully saturated rings. The molecule has 0 unspecified atom stereocenters. The van der Waals surface area contributed by atoms with Crippen molar-refractivity contribution >= 4 is 36.8 Å². The van der Waals surface area contributed by atoms with E-state index in [4.69, 9.17) is 16.6 Å². The van der Waals surface area contributed by atoms with Crippen molar-refractivity contribution in [3.8, 4) is 0 Å². The lowest BCUT2D eigenvalue weighted by Crippen LogP contribution is -2.09. The lowest BCUT2D eigenvalue weighted by atomic mass is 10.1. The van der Waals surface area contributed by atoms with Gasteiger partial charge >= 0.3 is 11.9 Å². The predicted octanol–water partition coefficient (Wildman–Crippen LogP) is 4.02. The molecule has 0 aliphatic carbocycles. The maximum Gasteiger partial charge on any atom is 0.337 e. The molecule has 0 amide bonds. The summed E-state index contributed by atoms with van der Waals surface area (Å²) in [5.74, 6) is -2.76. The van der Waals surface area contributed by atoms with Crippen molar-refractivity contribution in [2.75, 3.05) is 7.11 Å². The standard InChI is InChI=1S/C10H12FNO2.C9H10FNO2.2ClH/c1-6(12)8-4-3-7(5-9(8)11)10(13)14-2;1-5(11)7-3-2-6(9(12)13)4-8(7)10;;/h3-6H,12H2,1-2H3;2-5H,11H2,1H3,(H,12,13);2*1H/t6-;5-;;/m00../s1. The Bertz CT molecular complexity index is 834. The summed E-state index contributed by atoms with van der Waals surface area (Å²) in [5.41, 5.74) is 11.8. The van der Waals surface area contributed by atoms with Crippen LogP contribution in [0.4, 0.5) is 8.78 Å². The van der Waals surface area contributed by atoms with E-state index in [1.54, 1.807) is 13.8 Å². The third kappa shape index (κ3) is 8.33. The normalized spacial score (nSPS) is 11.6. The zero-order valence-electron chi connectivity index (χ0n) is 16.0. The Morgan fingerprint density at radius 2 is 1.28 bits per heavy atom. The minimum absolute atomic E-state index is 0. The molecule has 0 saturated carbocycles. The summed E-state index contributed by atoms with van der Waals surface area (Å²) in [6.45, 7) is 3.31. The molecular formula is C19H24Cl2F2N2O4. The topological polar surface area (TPSA) is 116 Å². The molecule has 2 rings (SSSR count). The number of nitrogens with two attached hydrogens (primary N) is 2. The Hall–Kier alpha value is -2.26. The summed E-state index contributed by atoms with van der Waals surface area (Å²) in [7, 11) is 1.25. The van der Waals surface area contributed by atoms with Crippen LogP contribution >= 0.6 is 24.8 Å². The SMILES string of the molecule is COC(=O)c1ccc([C@H](C)N)c(F)c1.C[C@H](N)c1ccc(C(=O)O)cc1F.Cl.Cl. The zero-order valence-corrected chi connectivity index (χ0v) is 17.7. The van der Waals surface area contributed by atoms with E-state index < -0.39 is 29.6 Å². The molecule has 162 valence electrons. The quantitative estimate of drug-likeness (QED) is 0.603. The lowest BCUT2D eigenvalue weighted by Gasteiger charge is -2.07. The fourth-order valence-electron chi connectivity index (χ4n) is 2.17. The number of rotatable bonds is 4. The number of hydrogen-bond donors (Lipinski definition) is 3. The molecule has 5 N–H and O–H groups in total. The summed E-state index contributed by atoms with van der Waals surface area (Å²) < 4.78 is 30.9. The molecule has 29 heavy (non-hydrogen) atoms. The second-order valence-electron chi connectivity index (χ2n) is 5.85. The van der Waals surface area contributed by atoms with Gasteiger partial charge in [0, 0.05) is 23.2 Å². The van der Waals surface area contributed by atoms with Crippen molar-refractivity contribution in [3.05, 3.63) is 70.3 Å². The minimum atomic E-state index is -1.14. The molecule has 0 heterocycles. The van der Waals surface area contributed by atoms with Gasteiger partial charge in [0.05, 0.1) is 18.2 Å². The van der Waals surface area contributed by atoms with Crippen molar-refractivity contribution in [1.29, 1.82) is 0 Å². The van der Waals surface area contributed by atoms with Gasteiger partial charge in [0.2, 0.25) is 0 Å². The molecule has 0 spiro atoms. The third-order valence-corrected chi connectivity index (χ3v) is 3.65. The molecule has 2 aromatic carbocycles. The second-order valence-corrected chi connectivity index (χ2v) is 5.85. The third-order valence-electron chi connectivity index (χ3n) is 3.65. The van der Waals surface area contributed by atoms with E-state index in [-0.39, 0.29) is 42.0 Å². The maximum absolute atomic E-state index is 13.3. The largest absolute Gasteiger partial charge is 0.478 e. The maximum atomic E-state index is 13.3. The van der Waals surface area contributed by atoms with E-state index in [0.717, 1.165) is 12.1 Å². The minimum Gasteiger partial charge on any atom is -0.478 e. The smallest absolute Gasteiger partial charge is 0.337 e. The number of carbonyl (C=O) groups excluding carboxylic acids is 1. The Morgan fingerprint density at radius 1 is 0.897 bits per heavy atom. The number of halogens is 4. The van der Waals surface area contributed by atoms with Crippen molar-refractivity contribution in [2.24, 2.45) is 11.5 Å². The van der Waals surface area contributed by atoms with Gasteiger partial charge in [0.15, 0.2) is 0 Å². The number of methoxy groups -OCH3 is 1. The Balaban J connectivity index is 0. The molecule has 0 aliphatic rings. The van der Waals surface area contributed by atoms with Gasteiger partial charge in [-0.2, -0.15) is 0 Å². The number of hydrogen-bond acceptors (Lipinski definition) is 5. The van der Waals surface area contributed by atoms with E-state index in [1.165, 1.54) is 31.4 Å². The van der Waals surface area contributed by atoms with Crippen LogP contribution in [-0.4, -0.2) is 24.2 Å². The highest BCUT2D eigenvalue weighted by Crippen LogP contribution is 2.17. The van der Waals surface area contributed by atoms with E-state index in [2.05, 4.69) is 4.74 Å². The van der Waals surface area contributed by atoms with Gasteiger partial charge < -0.3 is 21.3 Å².